The van der Waals surface area contributed by atoms with Crippen LogP contribution in [0.4, 0.5) is 13.2 Å². The second-order valence-corrected chi connectivity index (χ2v) is 5.44. The molecule has 0 radical (unpaired) electrons. The Labute approximate surface area is 117 Å². The van der Waals surface area contributed by atoms with Crippen molar-refractivity contribution in [3.8, 4) is 5.75 Å². The number of nitrogens with one attached hydrogen (secondary N) is 1. The van der Waals surface area contributed by atoms with Crippen LogP contribution >= 0.6 is 0 Å². The van der Waals surface area contributed by atoms with Crippen LogP contribution in [-0.4, -0.2) is 19.7 Å². The Morgan fingerprint density at radius 3 is 2.45 bits per heavy atom. The van der Waals surface area contributed by atoms with E-state index < -0.39 is 11.7 Å². The van der Waals surface area contributed by atoms with Crippen LogP contribution in [0.5, 0.6) is 5.75 Å². The first-order valence-electron chi connectivity index (χ1n) is 6.96. The molecule has 1 unspecified atom stereocenters. The van der Waals surface area contributed by atoms with Crippen LogP contribution in [0.25, 0.3) is 0 Å². The van der Waals surface area contributed by atoms with Crippen molar-refractivity contribution in [1.82, 2.24) is 5.32 Å². The fourth-order valence-electron chi connectivity index (χ4n) is 2.53. The van der Waals surface area contributed by atoms with Gasteiger partial charge in [0.1, 0.15) is 5.75 Å². The van der Waals surface area contributed by atoms with Gasteiger partial charge in [-0.2, -0.15) is 13.2 Å². The van der Waals surface area contributed by atoms with E-state index in [2.05, 4.69) is 12.2 Å². The first-order chi connectivity index (χ1) is 9.45. The van der Waals surface area contributed by atoms with E-state index in [9.17, 15) is 13.2 Å². The predicted molar refractivity (Wildman–Crippen MR) is 71.8 cm³/mol. The number of hydrogen-bond acceptors (Lipinski definition) is 2. The van der Waals surface area contributed by atoms with Crippen molar-refractivity contribution in [3.05, 3.63) is 29.8 Å². The zero-order valence-electron chi connectivity index (χ0n) is 11.6. The number of rotatable bonds is 4. The number of ether oxygens (including phenoxy) is 1. The highest BCUT2D eigenvalue weighted by Gasteiger charge is 2.32. The van der Waals surface area contributed by atoms with Crippen molar-refractivity contribution in [3.63, 3.8) is 0 Å². The Kier molecular flexibility index (Phi) is 4.58. The molecule has 0 amide bonds. The molecule has 20 heavy (non-hydrogen) atoms. The normalized spacial score (nSPS) is 23.6. The lowest BCUT2D eigenvalue weighted by Gasteiger charge is -2.36. The fraction of sp³-hybridized carbons (Fsp3) is 0.600. The number of piperidine rings is 1. The van der Waals surface area contributed by atoms with E-state index in [1.165, 1.54) is 12.1 Å². The van der Waals surface area contributed by atoms with Crippen molar-refractivity contribution in [2.24, 2.45) is 5.41 Å². The SMILES string of the molecule is CCC1(COc2ccc(C(F)(F)F)cc2)CCCNC1. The Morgan fingerprint density at radius 1 is 1.25 bits per heavy atom. The third-order valence-corrected chi connectivity index (χ3v) is 4.04. The van der Waals surface area contributed by atoms with Crippen LogP contribution in [0.3, 0.4) is 0 Å². The molecule has 112 valence electrons. The van der Waals surface area contributed by atoms with E-state index in [0.717, 1.165) is 44.5 Å². The van der Waals surface area contributed by atoms with E-state index in [-0.39, 0.29) is 5.41 Å². The summed E-state index contributed by atoms with van der Waals surface area (Å²) < 4.78 is 43.1. The summed E-state index contributed by atoms with van der Waals surface area (Å²) in [5.41, 5.74) is -0.546. The maximum Gasteiger partial charge on any atom is 0.416 e. The zero-order chi connectivity index (χ0) is 14.6. The van der Waals surface area contributed by atoms with Gasteiger partial charge in [0, 0.05) is 12.0 Å². The van der Waals surface area contributed by atoms with Gasteiger partial charge in [-0.15, -0.1) is 0 Å². The Hall–Kier alpha value is -1.23. The molecule has 1 N–H and O–H groups in total. The summed E-state index contributed by atoms with van der Waals surface area (Å²) >= 11 is 0. The lowest BCUT2D eigenvalue weighted by Crippen LogP contribution is -2.43. The first kappa shape index (κ1) is 15.2. The van der Waals surface area contributed by atoms with Crippen molar-refractivity contribution in [2.75, 3.05) is 19.7 Å². The predicted octanol–water partition coefficient (Wildman–Crippen LogP) is 3.86. The van der Waals surface area contributed by atoms with Gasteiger partial charge < -0.3 is 10.1 Å². The average molecular weight is 287 g/mol. The molecule has 1 aromatic rings. The lowest BCUT2D eigenvalue weighted by molar-refractivity contribution is -0.137. The molecule has 1 aliphatic rings. The van der Waals surface area contributed by atoms with E-state index >= 15 is 0 Å². The van der Waals surface area contributed by atoms with Crippen molar-refractivity contribution < 1.29 is 17.9 Å². The summed E-state index contributed by atoms with van der Waals surface area (Å²) in [6.45, 7) is 4.61. The highest BCUT2D eigenvalue weighted by molar-refractivity contribution is 5.28. The molecule has 0 aliphatic carbocycles. The summed E-state index contributed by atoms with van der Waals surface area (Å²) in [5.74, 6) is 0.497. The molecule has 1 heterocycles. The quantitative estimate of drug-likeness (QED) is 0.908. The average Bonchev–Trinajstić information content (AvgIpc) is 2.46. The summed E-state index contributed by atoms with van der Waals surface area (Å²) in [4.78, 5) is 0. The highest BCUT2D eigenvalue weighted by Crippen LogP contribution is 2.33. The summed E-state index contributed by atoms with van der Waals surface area (Å²) in [6, 6.07) is 4.91. The molecule has 1 saturated heterocycles. The molecule has 0 aromatic heterocycles. The molecular formula is C15H20F3NO. The topological polar surface area (TPSA) is 21.3 Å². The van der Waals surface area contributed by atoms with Gasteiger partial charge in [-0.1, -0.05) is 6.92 Å². The molecule has 2 rings (SSSR count). The minimum atomic E-state index is -4.30. The summed E-state index contributed by atoms with van der Waals surface area (Å²) in [7, 11) is 0. The molecular weight excluding hydrogens is 267 g/mol. The van der Waals surface area contributed by atoms with Gasteiger partial charge in [0.2, 0.25) is 0 Å². The van der Waals surface area contributed by atoms with Gasteiger partial charge in [-0.05, 0) is 50.1 Å². The third kappa shape index (κ3) is 3.66. The monoisotopic (exact) mass is 287 g/mol. The maximum atomic E-state index is 12.5. The second-order valence-electron chi connectivity index (χ2n) is 5.44. The van der Waals surface area contributed by atoms with Gasteiger partial charge in [-0.25, -0.2) is 0 Å². The molecule has 1 aromatic carbocycles. The van der Waals surface area contributed by atoms with Crippen LogP contribution in [0.2, 0.25) is 0 Å². The zero-order valence-corrected chi connectivity index (χ0v) is 11.6. The van der Waals surface area contributed by atoms with Crippen LogP contribution in [0.15, 0.2) is 24.3 Å². The summed E-state index contributed by atoms with van der Waals surface area (Å²) in [5, 5.41) is 3.36. The largest absolute Gasteiger partial charge is 0.493 e. The second kappa shape index (κ2) is 6.04. The minimum Gasteiger partial charge on any atom is -0.493 e. The van der Waals surface area contributed by atoms with Crippen LogP contribution in [-0.2, 0) is 6.18 Å². The lowest BCUT2D eigenvalue weighted by atomic mass is 9.79. The molecule has 0 spiro atoms. The number of alkyl halides is 3. The van der Waals surface area contributed by atoms with E-state index in [4.69, 9.17) is 4.74 Å². The molecule has 0 saturated carbocycles. The summed E-state index contributed by atoms with van der Waals surface area (Å²) in [6.07, 6.45) is -1.08. The van der Waals surface area contributed by atoms with Crippen molar-refractivity contribution in [1.29, 1.82) is 0 Å². The molecule has 1 aliphatic heterocycles. The first-order valence-corrected chi connectivity index (χ1v) is 6.96. The minimum absolute atomic E-state index is 0.0982. The Morgan fingerprint density at radius 2 is 1.95 bits per heavy atom. The molecule has 2 nitrogen and oxygen atoms in total. The van der Waals surface area contributed by atoms with E-state index in [1.807, 2.05) is 0 Å². The van der Waals surface area contributed by atoms with Crippen LogP contribution in [0.1, 0.15) is 31.7 Å². The number of benzene rings is 1. The Bertz CT molecular complexity index is 422. The number of hydrogen-bond donors (Lipinski definition) is 1. The fourth-order valence-corrected chi connectivity index (χ4v) is 2.53. The number of halogens is 3. The van der Waals surface area contributed by atoms with Crippen molar-refractivity contribution in [2.45, 2.75) is 32.4 Å². The van der Waals surface area contributed by atoms with Crippen LogP contribution < -0.4 is 10.1 Å². The highest BCUT2D eigenvalue weighted by atomic mass is 19.4. The smallest absolute Gasteiger partial charge is 0.416 e. The van der Waals surface area contributed by atoms with Gasteiger partial charge in [0.05, 0.1) is 12.2 Å². The van der Waals surface area contributed by atoms with E-state index in [0.29, 0.717) is 12.4 Å². The van der Waals surface area contributed by atoms with E-state index in [1.54, 1.807) is 0 Å². The van der Waals surface area contributed by atoms with Gasteiger partial charge >= 0.3 is 6.18 Å². The van der Waals surface area contributed by atoms with Gasteiger partial charge in [0.15, 0.2) is 0 Å². The molecule has 5 heteroatoms. The third-order valence-electron chi connectivity index (χ3n) is 4.04. The standard InChI is InChI=1S/C15H20F3NO/c1-2-14(8-3-9-19-10-14)11-20-13-6-4-12(5-7-13)15(16,17)18/h4-7,19H,2-3,8-11H2,1H3. The van der Waals surface area contributed by atoms with Gasteiger partial charge in [-0.3, -0.25) is 0 Å². The molecule has 0 bridgehead atoms. The molecule has 1 atom stereocenters. The Balaban J connectivity index is 1.96. The maximum absolute atomic E-state index is 12.5. The van der Waals surface area contributed by atoms with Crippen molar-refractivity contribution >= 4 is 0 Å². The molecule has 1 fully saturated rings. The van der Waals surface area contributed by atoms with Crippen LogP contribution in [0, 0.1) is 5.41 Å². The van der Waals surface area contributed by atoms with Gasteiger partial charge in [0.25, 0.3) is 0 Å².